The second-order valence-corrected chi connectivity index (χ2v) is 7.18. The summed E-state index contributed by atoms with van der Waals surface area (Å²) in [5, 5.41) is 5.10. The molecule has 0 spiro atoms. The van der Waals surface area contributed by atoms with Gasteiger partial charge >= 0.3 is 0 Å². The average molecular weight is 341 g/mol. The standard InChI is InChI=1S/C19H23N3O3/c1-10(2)25-17-6-12-11(5-13(17)18(20)23)3-4-22-19(12)24-9-16-14-7-21-8-15(14)16/h3-6,10,14-16,21H,7-9H2,1-2H3,(H2,20,23)/t14-,15+,16+. The van der Waals surface area contributed by atoms with Gasteiger partial charge < -0.3 is 20.5 Å². The van der Waals surface area contributed by atoms with Crippen LogP contribution in [-0.4, -0.2) is 36.7 Å². The SMILES string of the molecule is CC(C)Oc1cc2c(OC[C@H]3[C@@H]4CNC[C@@H]43)nccc2cc1C(N)=O. The molecule has 132 valence electrons. The Bertz CT molecular complexity index is 811. The topological polar surface area (TPSA) is 86.5 Å². The molecule has 3 N–H and O–H groups in total. The highest BCUT2D eigenvalue weighted by Gasteiger charge is 2.53. The van der Waals surface area contributed by atoms with Gasteiger partial charge in [-0.2, -0.15) is 0 Å². The summed E-state index contributed by atoms with van der Waals surface area (Å²) in [7, 11) is 0. The van der Waals surface area contributed by atoms with Crippen LogP contribution in [0.1, 0.15) is 24.2 Å². The number of fused-ring (bicyclic) bond motifs is 2. The molecule has 1 saturated heterocycles. The summed E-state index contributed by atoms with van der Waals surface area (Å²) >= 11 is 0. The lowest BCUT2D eigenvalue weighted by molar-refractivity contribution is 0.0994. The van der Waals surface area contributed by atoms with Crippen LogP contribution in [0.4, 0.5) is 0 Å². The summed E-state index contributed by atoms with van der Waals surface area (Å²) in [5.41, 5.74) is 5.88. The number of ether oxygens (including phenoxy) is 2. The second-order valence-electron chi connectivity index (χ2n) is 7.18. The third kappa shape index (κ3) is 3.02. The number of amides is 1. The van der Waals surface area contributed by atoms with Crippen LogP contribution < -0.4 is 20.5 Å². The van der Waals surface area contributed by atoms with Crippen LogP contribution in [-0.2, 0) is 0 Å². The molecule has 0 radical (unpaired) electrons. The van der Waals surface area contributed by atoms with E-state index in [-0.39, 0.29) is 6.10 Å². The molecule has 3 atom stereocenters. The molecule has 0 bridgehead atoms. The highest BCUT2D eigenvalue weighted by molar-refractivity contribution is 6.01. The van der Waals surface area contributed by atoms with Gasteiger partial charge in [0.15, 0.2) is 0 Å². The van der Waals surface area contributed by atoms with E-state index >= 15 is 0 Å². The van der Waals surface area contributed by atoms with Crippen molar-refractivity contribution in [3.05, 3.63) is 30.0 Å². The Kier molecular flexibility index (Phi) is 4.00. The fraction of sp³-hybridized carbons (Fsp3) is 0.474. The van der Waals surface area contributed by atoms with Crippen LogP contribution in [0.25, 0.3) is 10.8 Å². The number of benzene rings is 1. The summed E-state index contributed by atoms with van der Waals surface area (Å²) in [5.74, 6) is 2.66. The maximum atomic E-state index is 11.8. The molecular weight excluding hydrogens is 318 g/mol. The minimum absolute atomic E-state index is 0.0603. The van der Waals surface area contributed by atoms with Gasteiger partial charge in [0.2, 0.25) is 5.88 Å². The molecule has 25 heavy (non-hydrogen) atoms. The fourth-order valence-electron chi connectivity index (χ4n) is 3.80. The van der Waals surface area contributed by atoms with Gasteiger partial charge in [0.25, 0.3) is 5.91 Å². The van der Waals surface area contributed by atoms with Gasteiger partial charge in [0.1, 0.15) is 5.75 Å². The van der Waals surface area contributed by atoms with E-state index in [9.17, 15) is 4.79 Å². The van der Waals surface area contributed by atoms with Gasteiger partial charge in [0.05, 0.1) is 18.3 Å². The normalized spacial score (nSPS) is 24.4. The summed E-state index contributed by atoms with van der Waals surface area (Å²) in [6.45, 7) is 6.69. The molecule has 4 rings (SSSR count). The Labute approximate surface area is 146 Å². The largest absolute Gasteiger partial charge is 0.490 e. The number of hydrogen-bond donors (Lipinski definition) is 2. The zero-order valence-corrected chi connectivity index (χ0v) is 14.5. The molecule has 2 fully saturated rings. The molecule has 1 aliphatic heterocycles. The van der Waals surface area contributed by atoms with Crippen LogP contribution in [0, 0.1) is 17.8 Å². The number of nitrogens with one attached hydrogen (secondary N) is 1. The molecule has 2 aliphatic rings. The molecule has 0 unspecified atom stereocenters. The predicted molar refractivity (Wildman–Crippen MR) is 94.9 cm³/mol. The Morgan fingerprint density at radius 3 is 2.80 bits per heavy atom. The van der Waals surface area contributed by atoms with Crippen molar-refractivity contribution >= 4 is 16.7 Å². The molecule has 1 aliphatic carbocycles. The fourth-order valence-corrected chi connectivity index (χ4v) is 3.80. The van der Waals surface area contributed by atoms with Crippen molar-refractivity contribution in [2.24, 2.45) is 23.5 Å². The van der Waals surface area contributed by atoms with Crippen molar-refractivity contribution in [1.29, 1.82) is 0 Å². The lowest BCUT2D eigenvalue weighted by atomic mass is 10.1. The first kappa shape index (κ1) is 16.1. The number of rotatable bonds is 6. The van der Waals surface area contributed by atoms with E-state index < -0.39 is 5.91 Å². The minimum Gasteiger partial charge on any atom is -0.490 e. The highest BCUT2D eigenvalue weighted by Crippen LogP contribution is 2.48. The van der Waals surface area contributed by atoms with E-state index in [1.165, 1.54) is 0 Å². The van der Waals surface area contributed by atoms with Crippen LogP contribution in [0.15, 0.2) is 24.4 Å². The highest BCUT2D eigenvalue weighted by atomic mass is 16.5. The van der Waals surface area contributed by atoms with E-state index in [0.29, 0.717) is 29.7 Å². The smallest absolute Gasteiger partial charge is 0.252 e. The number of nitrogens with zero attached hydrogens (tertiary/aromatic N) is 1. The van der Waals surface area contributed by atoms with Gasteiger partial charge in [0, 0.05) is 17.5 Å². The first-order chi connectivity index (χ1) is 12.0. The number of aromatic nitrogens is 1. The first-order valence-electron chi connectivity index (χ1n) is 8.77. The van der Waals surface area contributed by atoms with Crippen LogP contribution >= 0.6 is 0 Å². The molecule has 2 aromatic rings. The first-order valence-corrected chi connectivity index (χ1v) is 8.77. The van der Waals surface area contributed by atoms with E-state index in [1.807, 2.05) is 26.0 Å². The van der Waals surface area contributed by atoms with Gasteiger partial charge in [-0.15, -0.1) is 0 Å². The predicted octanol–water partition coefficient (Wildman–Crippen LogP) is 1.97. The molecule has 1 aromatic carbocycles. The van der Waals surface area contributed by atoms with Crippen molar-refractivity contribution < 1.29 is 14.3 Å². The van der Waals surface area contributed by atoms with Crippen LogP contribution in [0.3, 0.4) is 0 Å². The number of pyridine rings is 1. The lowest BCUT2D eigenvalue weighted by Gasteiger charge is -2.15. The molecule has 1 aromatic heterocycles. The van der Waals surface area contributed by atoms with Crippen molar-refractivity contribution in [3.63, 3.8) is 0 Å². The number of hydrogen-bond acceptors (Lipinski definition) is 5. The molecule has 6 heteroatoms. The quantitative estimate of drug-likeness (QED) is 0.839. The van der Waals surface area contributed by atoms with Gasteiger partial charge in [-0.05, 0) is 62.4 Å². The van der Waals surface area contributed by atoms with E-state index in [2.05, 4.69) is 10.3 Å². The van der Waals surface area contributed by atoms with Gasteiger partial charge in [-0.25, -0.2) is 4.98 Å². The maximum Gasteiger partial charge on any atom is 0.252 e. The lowest BCUT2D eigenvalue weighted by Crippen LogP contribution is -2.18. The number of carbonyl (C=O) groups is 1. The summed E-state index contributed by atoms with van der Waals surface area (Å²) in [6.07, 6.45) is 1.63. The van der Waals surface area contributed by atoms with E-state index in [0.717, 1.165) is 35.7 Å². The number of primary amides is 1. The maximum absolute atomic E-state index is 11.8. The Hall–Kier alpha value is -2.34. The monoisotopic (exact) mass is 341 g/mol. The molecule has 6 nitrogen and oxygen atoms in total. The molecular formula is C19H23N3O3. The Morgan fingerprint density at radius 1 is 1.36 bits per heavy atom. The third-order valence-corrected chi connectivity index (χ3v) is 5.14. The zero-order chi connectivity index (χ0) is 17.6. The molecule has 1 amide bonds. The molecule has 2 heterocycles. The van der Waals surface area contributed by atoms with Crippen molar-refractivity contribution in [2.45, 2.75) is 20.0 Å². The summed E-state index contributed by atoms with van der Waals surface area (Å²) < 4.78 is 11.8. The molecule has 1 saturated carbocycles. The third-order valence-electron chi connectivity index (χ3n) is 5.14. The van der Waals surface area contributed by atoms with Crippen molar-refractivity contribution in [1.82, 2.24) is 10.3 Å². The number of piperidine rings is 1. The minimum atomic E-state index is -0.505. The van der Waals surface area contributed by atoms with Gasteiger partial charge in [-0.1, -0.05) is 0 Å². The zero-order valence-electron chi connectivity index (χ0n) is 14.5. The Balaban J connectivity index is 1.63. The van der Waals surface area contributed by atoms with Crippen molar-refractivity contribution in [2.75, 3.05) is 19.7 Å². The average Bonchev–Trinajstić information content (AvgIpc) is 2.99. The number of carbonyl (C=O) groups excluding carboxylic acids is 1. The van der Waals surface area contributed by atoms with E-state index in [4.69, 9.17) is 15.2 Å². The Morgan fingerprint density at radius 2 is 2.12 bits per heavy atom. The number of nitrogens with two attached hydrogens (primary N) is 1. The summed E-state index contributed by atoms with van der Waals surface area (Å²) in [4.78, 5) is 16.1. The van der Waals surface area contributed by atoms with Crippen LogP contribution in [0.2, 0.25) is 0 Å². The second kappa shape index (κ2) is 6.19. The van der Waals surface area contributed by atoms with E-state index in [1.54, 1.807) is 12.3 Å². The van der Waals surface area contributed by atoms with Crippen molar-refractivity contribution in [3.8, 4) is 11.6 Å². The van der Waals surface area contributed by atoms with Crippen LogP contribution in [0.5, 0.6) is 11.6 Å². The van der Waals surface area contributed by atoms with Gasteiger partial charge in [-0.3, -0.25) is 4.79 Å². The summed E-state index contributed by atoms with van der Waals surface area (Å²) in [6, 6.07) is 5.41.